The summed E-state index contributed by atoms with van der Waals surface area (Å²) in [6.07, 6.45) is 1.38. The number of hydrogen-bond donors (Lipinski definition) is 1. The Morgan fingerprint density at radius 2 is 2.25 bits per heavy atom. The van der Waals surface area contributed by atoms with Crippen LogP contribution in [-0.4, -0.2) is 28.5 Å². The molecule has 1 aliphatic rings. The van der Waals surface area contributed by atoms with E-state index in [1.807, 2.05) is 4.68 Å². The Hall–Kier alpha value is -1.03. The molecule has 4 heteroatoms. The first-order chi connectivity index (χ1) is 7.63. The van der Waals surface area contributed by atoms with Crippen molar-refractivity contribution < 1.29 is 4.74 Å². The van der Waals surface area contributed by atoms with E-state index < -0.39 is 0 Å². The summed E-state index contributed by atoms with van der Waals surface area (Å²) >= 11 is 0. The van der Waals surface area contributed by atoms with E-state index in [1.165, 1.54) is 11.4 Å². The molecular weight excluding hydrogens is 202 g/mol. The van der Waals surface area contributed by atoms with Crippen LogP contribution >= 0.6 is 0 Å². The summed E-state index contributed by atoms with van der Waals surface area (Å²) in [5.41, 5.74) is 3.49. The maximum absolute atomic E-state index is 5.56. The van der Waals surface area contributed by atoms with Crippen molar-refractivity contribution in [1.82, 2.24) is 9.78 Å². The fraction of sp³-hybridized carbons (Fsp3) is 0.750. The number of aryl methyl sites for hydroxylation is 2. The van der Waals surface area contributed by atoms with Crippen LogP contribution in [-0.2, 0) is 11.3 Å². The Labute approximate surface area is 97.0 Å². The van der Waals surface area contributed by atoms with Crippen molar-refractivity contribution >= 4 is 5.69 Å². The van der Waals surface area contributed by atoms with Crippen molar-refractivity contribution in [3.8, 4) is 0 Å². The number of aromatic nitrogens is 2. The van der Waals surface area contributed by atoms with Gasteiger partial charge in [0.05, 0.1) is 29.2 Å². The normalized spacial score (nSPS) is 25.0. The molecule has 0 spiro atoms. The lowest BCUT2D eigenvalue weighted by Crippen LogP contribution is -2.27. The minimum Gasteiger partial charge on any atom is -0.377 e. The lowest BCUT2D eigenvalue weighted by Gasteiger charge is -2.17. The van der Waals surface area contributed by atoms with Gasteiger partial charge in [-0.05, 0) is 34.1 Å². The molecule has 16 heavy (non-hydrogen) atoms. The molecule has 0 bridgehead atoms. The highest BCUT2D eigenvalue weighted by atomic mass is 16.5. The third-order valence-corrected chi connectivity index (χ3v) is 3.39. The van der Waals surface area contributed by atoms with Gasteiger partial charge in [0.15, 0.2) is 0 Å². The van der Waals surface area contributed by atoms with Crippen molar-refractivity contribution in [3.05, 3.63) is 11.4 Å². The smallest absolute Gasteiger partial charge is 0.0828 e. The Bertz CT molecular complexity index is 373. The van der Waals surface area contributed by atoms with Crippen LogP contribution < -0.4 is 5.32 Å². The standard InChI is InChI=1S/C12H21N3O/c1-5-15-9(3)12(8(2)14-15)13-11-6-7-16-10(11)4/h10-11,13H,5-7H2,1-4H3/t10-,11+/m0/s1. The molecule has 1 aromatic heterocycles. The fourth-order valence-electron chi connectivity index (χ4n) is 2.32. The minimum absolute atomic E-state index is 0.295. The third kappa shape index (κ3) is 1.94. The summed E-state index contributed by atoms with van der Waals surface area (Å²) in [5.74, 6) is 0. The molecule has 0 unspecified atom stereocenters. The maximum Gasteiger partial charge on any atom is 0.0828 e. The molecule has 0 aliphatic carbocycles. The fourth-order valence-corrected chi connectivity index (χ4v) is 2.32. The average molecular weight is 223 g/mol. The lowest BCUT2D eigenvalue weighted by molar-refractivity contribution is 0.121. The quantitative estimate of drug-likeness (QED) is 0.853. The predicted molar refractivity (Wildman–Crippen MR) is 64.8 cm³/mol. The van der Waals surface area contributed by atoms with Gasteiger partial charge in [0.2, 0.25) is 0 Å². The summed E-state index contributed by atoms with van der Waals surface area (Å²) in [5, 5.41) is 8.08. The van der Waals surface area contributed by atoms with E-state index >= 15 is 0 Å². The summed E-state index contributed by atoms with van der Waals surface area (Å²) in [4.78, 5) is 0. The van der Waals surface area contributed by atoms with Crippen molar-refractivity contribution in [1.29, 1.82) is 0 Å². The van der Waals surface area contributed by atoms with Crippen molar-refractivity contribution in [2.45, 2.75) is 52.8 Å². The first kappa shape index (κ1) is 11.5. The van der Waals surface area contributed by atoms with E-state index in [0.29, 0.717) is 12.1 Å². The van der Waals surface area contributed by atoms with Crippen LogP contribution in [0, 0.1) is 13.8 Å². The second-order valence-electron chi connectivity index (χ2n) is 4.48. The summed E-state index contributed by atoms with van der Waals surface area (Å²) < 4.78 is 7.60. The first-order valence-corrected chi connectivity index (χ1v) is 6.05. The molecule has 0 radical (unpaired) electrons. The van der Waals surface area contributed by atoms with Gasteiger partial charge in [-0.1, -0.05) is 0 Å². The molecule has 1 fully saturated rings. The number of hydrogen-bond acceptors (Lipinski definition) is 3. The number of nitrogens with zero attached hydrogens (tertiary/aromatic N) is 2. The molecule has 1 saturated heterocycles. The van der Waals surface area contributed by atoms with E-state index in [1.54, 1.807) is 0 Å². The monoisotopic (exact) mass is 223 g/mol. The maximum atomic E-state index is 5.56. The SMILES string of the molecule is CCn1nc(C)c(N[C@@H]2CCO[C@H]2C)c1C. The number of anilines is 1. The van der Waals surface area contributed by atoms with Gasteiger partial charge in [0, 0.05) is 13.2 Å². The second kappa shape index (κ2) is 4.45. The molecule has 0 aromatic carbocycles. The molecular formula is C12H21N3O. The van der Waals surface area contributed by atoms with Gasteiger partial charge < -0.3 is 10.1 Å². The molecule has 0 saturated carbocycles. The van der Waals surface area contributed by atoms with Gasteiger partial charge in [0.1, 0.15) is 0 Å². The van der Waals surface area contributed by atoms with Crippen LogP contribution in [0.5, 0.6) is 0 Å². The molecule has 1 aromatic rings. The molecule has 1 aliphatic heterocycles. The third-order valence-electron chi connectivity index (χ3n) is 3.39. The van der Waals surface area contributed by atoms with Crippen LogP contribution in [0.1, 0.15) is 31.7 Å². The van der Waals surface area contributed by atoms with Crippen molar-refractivity contribution in [3.63, 3.8) is 0 Å². The molecule has 2 rings (SSSR count). The minimum atomic E-state index is 0.295. The highest BCUT2D eigenvalue weighted by molar-refractivity contribution is 5.53. The van der Waals surface area contributed by atoms with Gasteiger partial charge in [-0.2, -0.15) is 5.10 Å². The van der Waals surface area contributed by atoms with Crippen LogP contribution in [0.4, 0.5) is 5.69 Å². The van der Waals surface area contributed by atoms with Gasteiger partial charge in [0.25, 0.3) is 0 Å². The first-order valence-electron chi connectivity index (χ1n) is 6.05. The zero-order chi connectivity index (χ0) is 11.7. The summed E-state index contributed by atoms with van der Waals surface area (Å²) in [7, 11) is 0. The van der Waals surface area contributed by atoms with E-state index in [2.05, 4.69) is 38.1 Å². The largest absolute Gasteiger partial charge is 0.377 e. The Kier molecular flexibility index (Phi) is 3.19. The van der Waals surface area contributed by atoms with Crippen LogP contribution in [0.2, 0.25) is 0 Å². The Balaban J connectivity index is 2.17. The number of ether oxygens (including phenoxy) is 1. The molecule has 1 N–H and O–H groups in total. The highest BCUT2D eigenvalue weighted by Crippen LogP contribution is 2.24. The van der Waals surface area contributed by atoms with Crippen LogP contribution in [0.3, 0.4) is 0 Å². The zero-order valence-corrected chi connectivity index (χ0v) is 10.6. The van der Waals surface area contributed by atoms with E-state index in [0.717, 1.165) is 25.3 Å². The Morgan fingerprint density at radius 1 is 1.50 bits per heavy atom. The van der Waals surface area contributed by atoms with Gasteiger partial charge >= 0.3 is 0 Å². The zero-order valence-electron chi connectivity index (χ0n) is 10.6. The average Bonchev–Trinajstić information content (AvgIpc) is 2.77. The van der Waals surface area contributed by atoms with E-state index in [9.17, 15) is 0 Å². The molecule has 4 nitrogen and oxygen atoms in total. The summed E-state index contributed by atoms with van der Waals surface area (Å²) in [6.45, 7) is 10.2. The number of nitrogens with one attached hydrogen (secondary N) is 1. The summed E-state index contributed by atoms with van der Waals surface area (Å²) in [6, 6.07) is 0.423. The second-order valence-corrected chi connectivity index (χ2v) is 4.48. The van der Waals surface area contributed by atoms with Gasteiger partial charge in [-0.15, -0.1) is 0 Å². The van der Waals surface area contributed by atoms with Gasteiger partial charge in [-0.25, -0.2) is 0 Å². The highest BCUT2D eigenvalue weighted by Gasteiger charge is 2.25. The Morgan fingerprint density at radius 3 is 2.75 bits per heavy atom. The van der Waals surface area contributed by atoms with Crippen molar-refractivity contribution in [2.75, 3.05) is 11.9 Å². The predicted octanol–water partition coefficient (Wildman–Crippen LogP) is 2.11. The molecule has 2 atom stereocenters. The van der Waals surface area contributed by atoms with Crippen LogP contribution in [0.25, 0.3) is 0 Å². The van der Waals surface area contributed by atoms with E-state index in [-0.39, 0.29) is 0 Å². The topological polar surface area (TPSA) is 39.1 Å². The lowest BCUT2D eigenvalue weighted by atomic mass is 10.1. The molecule has 90 valence electrons. The molecule has 0 amide bonds. The molecule has 2 heterocycles. The van der Waals surface area contributed by atoms with Crippen LogP contribution in [0.15, 0.2) is 0 Å². The van der Waals surface area contributed by atoms with E-state index in [4.69, 9.17) is 4.74 Å². The number of rotatable bonds is 3. The van der Waals surface area contributed by atoms with Gasteiger partial charge in [-0.3, -0.25) is 4.68 Å². The van der Waals surface area contributed by atoms with Crippen molar-refractivity contribution in [2.24, 2.45) is 0 Å².